The SMILES string of the molecule is COC12C[I-]CC[C@H]1C2. The van der Waals surface area contributed by atoms with Gasteiger partial charge in [0.15, 0.2) is 0 Å². The van der Waals surface area contributed by atoms with Gasteiger partial charge in [0.2, 0.25) is 0 Å². The van der Waals surface area contributed by atoms with Crippen LogP contribution >= 0.6 is 0 Å². The Balaban J connectivity index is 2.01. The third-order valence-electron chi connectivity index (χ3n) is 2.49. The third kappa shape index (κ3) is 0.909. The van der Waals surface area contributed by atoms with Gasteiger partial charge in [-0.2, -0.15) is 0 Å². The summed E-state index contributed by atoms with van der Waals surface area (Å²) in [5.41, 5.74) is 0.436. The van der Waals surface area contributed by atoms with Crippen molar-refractivity contribution in [2.24, 2.45) is 5.92 Å². The van der Waals surface area contributed by atoms with Crippen molar-refractivity contribution < 1.29 is 25.9 Å². The summed E-state index contributed by atoms with van der Waals surface area (Å²) in [4.78, 5) is 0. The zero-order valence-electron chi connectivity index (χ0n) is 5.69. The Hall–Kier alpha value is 0.690. The van der Waals surface area contributed by atoms with E-state index in [1.54, 1.807) is 4.43 Å². The normalized spacial score (nSPS) is 49.2. The zero-order valence-corrected chi connectivity index (χ0v) is 7.85. The van der Waals surface area contributed by atoms with E-state index in [0.29, 0.717) is 26.8 Å². The van der Waals surface area contributed by atoms with Gasteiger partial charge in [-0.3, -0.25) is 0 Å². The van der Waals surface area contributed by atoms with E-state index in [2.05, 4.69) is 0 Å². The van der Waals surface area contributed by atoms with Crippen LogP contribution in [0.4, 0.5) is 0 Å². The summed E-state index contributed by atoms with van der Waals surface area (Å²) in [6.45, 7) is 0. The Morgan fingerprint density at radius 2 is 2.56 bits per heavy atom. The van der Waals surface area contributed by atoms with Crippen molar-refractivity contribution in [1.29, 1.82) is 0 Å². The van der Waals surface area contributed by atoms with Crippen LogP contribution in [0, 0.1) is 5.92 Å². The molecule has 1 saturated carbocycles. The molecular formula is C7H12IO-. The predicted octanol–water partition coefficient (Wildman–Crippen LogP) is -2.12. The molecule has 0 N–H and O–H groups in total. The van der Waals surface area contributed by atoms with Crippen molar-refractivity contribution in [3.63, 3.8) is 0 Å². The van der Waals surface area contributed by atoms with E-state index in [9.17, 15) is 0 Å². The Kier molecular flexibility index (Phi) is 1.49. The van der Waals surface area contributed by atoms with Crippen molar-refractivity contribution in [3.05, 3.63) is 0 Å². The quantitative estimate of drug-likeness (QED) is 0.376. The van der Waals surface area contributed by atoms with Gasteiger partial charge >= 0.3 is 66.3 Å². The Morgan fingerprint density at radius 3 is 3.11 bits per heavy atom. The number of ether oxygens (including phenoxy) is 1. The van der Waals surface area contributed by atoms with Gasteiger partial charge in [0.25, 0.3) is 0 Å². The van der Waals surface area contributed by atoms with Gasteiger partial charge in [-0.1, -0.05) is 0 Å². The standard InChI is InChI=1S/C7H12IO/c1-9-7-4-6(7)2-3-8-5-7/h6H,2-5H2,1H3/q-1/t6-,7?/m0/s1. The summed E-state index contributed by atoms with van der Waals surface area (Å²) >= 11 is 0.535. The molecule has 2 aliphatic rings. The molecule has 2 heteroatoms. The van der Waals surface area contributed by atoms with Crippen LogP contribution in [-0.4, -0.2) is 21.6 Å². The van der Waals surface area contributed by atoms with Crippen molar-refractivity contribution in [1.82, 2.24) is 0 Å². The molecule has 0 radical (unpaired) electrons. The fourth-order valence-electron chi connectivity index (χ4n) is 1.63. The van der Waals surface area contributed by atoms with E-state index in [0.717, 1.165) is 5.92 Å². The summed E-state index contributed by atoms with van der Waals surface area (Å²) in [5.74, 6) is 0.968. The van der Waals surface area contributed by atoms with Gasteiger partial charge in [0.1, 0.15) is 0 Å². The van der Waals surface area contributed by atoms with Crippen molar-refractivity contribution in [3.8, 4) is 0 Å². The average molecular weight is 239 g/mol. The first-order chi connectivity index (χ1) is 4.37. The second kappa shape index (κ2) is 2.09. The molecule has 1 unspecified atom stereocenters. The number of hydrogen-bond donors (Lipinski definition) is 0. The Labute approximate surface area is 66.4 Å². The van der Waals surface area contributed by atoms with E-state index >= 15 is 0 Å². The number of fused-ring (bicyclic) bond motifs is 1. The summed E-state index contributed by atoms with van der Waals surface area (Å²) in [5, 5.41) is 0. The van der Waals surface area contributed by atoms with Crippen molar-refractivity contribution in [2.75, 3.05) is 16.0 Å². The van der Waals surface area contributed by atoms with Crippen LogP contribution in [-0.2, 0) is 4.74 Å². The minimum absolute atomic E-state index is 0.436. The molecule has 2 fully saturated rings. The van der Waals surface area contributed by atoms with Crippen LogP contribution in [0.2, 0.25) is 0 Å². The molecular weight excluding hydrogens is 227 g/mol. The number of halogens is 1. The molecule has 0 aromatic heterocycles. The number of hydrogen-bond acceptors (Lipinski definition) is 1. The molecule has 54 valence electrons. The second-order valence-electron chi connectivity index (χ2n) is 2.97. The summed E-state index contributed by atoms with van der Waals surface area (Å²) < 4.78 is 8.47. The van der Waals surface area contributed by atoms with Gasteiger partial charge in [0, 0.05) is 0 Å². The average Bonchev–Trinajstić information content (AvgIpc) is 2.62. The maximum atomic E-state index is 5.48. The van der Waals surface area contributed by atoms with Crippen molar-refractivity contribution in [2.45, 2.75) is 18.4 Å². The Morgan fingerprint density at radius 1 is 1.67 bits per heavy atom. The van der Waals surface area contributed by atoms with Crippen LogP contribution in [0.15, 0.2) is 0 Å². The molecule has 9 heavy (non-hydrogen) atoms. The third-order valence-corrected chi connectivity index (χ3v) is 5.71. The van der Waals surface area contributed by atoms with Crippen molar-refractivity contribution >= 4 is 0 Å². The molecule has 1 aliphatic heterocycles. The number of methoxy groups -OCH3 is 1. The minimum atomic E-state index is 0.436. The summed E-state index contributed by atoms with van der Waals surface area (Å²) in [7, 11) is 1.88. The molecule has 2 rings (SSSR count). The molecule has 1 nitrogen and oxygen atoms in total. The van der Waals surface area contributed by atoms with Gasteiger partial charge < -0.3 is 0 Å². The molecule has 0 spiro atoms. The van der Waals surface area contributed by atoms with Crippen LogP contribution in [0.25, 0.3) is 0 Å². The van der Waals surface area contributed by atoms with Gasteiger partial charge in [0.05, 0.1) is 0 Å². The molecule has 0 bridgehead atoms. The maximum absolute atomic E-state index is 5.48. The first kappa shape index (κ1) is 6.40. The monoisotopic (exact) mass is 239 g/mol. The first-order valence-corrected chi connectivity index (χ1v) is 6.51. The van der Waals surface area contributed by atoms with E-state index < -0.39 is 0 Å². The van der Waals surface area contributed by atoms with E-state index in [1.165, 1.54) is 17.3 Å². The zero-order chi connectivity index (χ0) is 6.32. The van der Waals surface area contributed by atoms with Crippen LogP contribution < -0.4 is 21.2 Å². The molecule has 0 amide bonds. The molecule has 1 aliphatic carbocycles. The predicted molar refractivity (Wildman–Crippen MR) is 32.2 cm³/mol. The topological polar surface area (TPSA) is 9.23 Å². The fourth-order valence-corrected chi connectivity index (χ4v) is 5.36. The van der Waals surface area contributed by atoms with Crippen LogP contribution in [0.3, 0.4) is 0 Å². The number of alkyl halides is 2. The number of rotatable bonds is 1. The fraction of sp³-hybridized carbons (Fsp3) is 1.00. The van der Waals surface area contributed by atoms with Gasteiger partial charge in [-0.25, -0.2) is 0 Å². The van der Waals surface area contributed by atoms with E-state index in [4.69, 9.17) is 4.74 Å². The molecule has 0 aromatic carbocycles. The molecule has 1 heterocycles. The molecule has 2 atom stereocenters. The second-order valence-corrected chi connectivity index (χ2v) is 5.89. The van der Waals surface area contributed by atoms with Crippen LogP contribution in [0.1, 0.15) is 12.8 Å². The Bertz CT molecular complexity index is 126. The van der Waals surface area contributed by atoms with E-state index in [-0.39, 0.29) is 0 Å². The summed E-state index contributed by atoms with van der Waals surface area (Å²) in [6, 6.07) is 0. The van der Waals surface area contributed by atoms with Gasteiger partial charge in [-0.05, 0) is 0 Å². The summed E-state index contributed by atoms with van der Waals surface area (Å²) in [6.07, 6.45) is 2.85. The van der Waals surface area contributed by atoms with Gasteiger partial charge in [-0.15, -0.1) is 0 Å². The molecule has 0 aromatic rings. The molecule has 1 saturated heterocycles. The van der Waals surface area contributed by atoms with E-state index in [1.807, 2.05) is 7.11 Å². The van der Waals surface area contributed by atoms with Crippen LogP contribution in [0.5, 0.6) is 0 Å². The first-order valence-electron chi connectivity index (χ1n) is 3.46.